The minimum Gasteiger partial charge on any atom is -0.352 e. The Kier molecular flexibility index (Phi) is 6.55. The summed E-state index contributed by atoms with van der Waals surface area (Å²) in [6.45, 7) is 10.9. The fraction of sp³-hybridized carbons (Fsp3) is 0.682. The maximum atomic E-state index is 12.5. The first kappa shape index (κ1) is 21.5. The number of H-pyrrole nitrogens is 1. The van der Waals surface area contributed by atoms with Gasteiger partial charge in [0.1, 0.15) is 10.7 Å². The lowest BCUT2D eigenvalue weighted by atomic mass is 9.87. The molecule has 1 saturated carbocycles. The Balaban J connectivity index is 1.26. The average molecular weight is 432 g/mol. The highest BCUT2D eigenvalue weighted by Gasteiger charge is 2.23. The Hall–Kier alpha value is -1.77. The number of amides is 1. The molecule has 0 atom stereocenters. The van der Waals surface area contributed by atoms with Crippen LogP contribution in [-0.4, -0.2) is 64.4 Å². The summed E-state index contributed by atoms with van der Waals surface area (Å²) in [5, 5.41) is 3.95. The molecule has 2 aliphatic rings. The van der Waals surface area contributed by atoms with Crippen LogP contribution in [0.2, 0.25) is 0 Å². The number of carbonyl (C=O) groups is 1. The standard InChI is InChI=1S/C22H33N5O2S/c1-14-4-6-17(7-5-14)23-19(28)13-27-10-8-26(9-11-27)12-18-24-21(29)20-15(2)16(3)30-22(20)25-18/h14,17H,4-13H2,1-3H3,(H,23,28)(H,24,25,29). The van der Waals surface area contributed by atoms with Gasteiger partial charge >= 0.3 is 0 Å². The summed E-state index contributed by atoms with van der Waals surface area (Å²) >= 11 is 1.59. The van der Waals surface area contributed by atoms with Gasteiger partial charge < -0.3 is 10.3 Å². The van der Waals surface area contributed by atoms with Crippen molar-refractivity contribution in [2.75, 3.05) is 32.7 Å². The summed E-state index contributed by atoms with van der Waals surface area (Å²) in [6, 6.07) is 0.359. The van der Waals surface area contributed by atoms with E-state index >= 15 is 0 Å². The number of aromatic nitrogens is 2. The van der Waals surface area contributed by atoms with Crippen LogP contribution in [0.15, 0.2) is 4.79 Å². The molecule has 2 aromatic rings. The van der Waals surface area contributed by atoms with E-state index in [2.05, 4.69) is 27.0 Å². The normalized spacial score (nSPS) is 23.7. The highest BCUT2D eigenvalue weighted by molar-refractivity contribution is 7.18. The van der Waals surface area contributed by atoms with Crippen LogP contribution in [0.3, 0.4) is 0 Å². The summed E-state index contributed by atoms with van der Waals surface area (Å²) in [5.74, 6) is 1.68. The van der Waals surface area contributed by atoms with E-state index in [-0.39, 0.29) is 11.5 Å². The van der Waals surface area contributed by atoms with Gasteiger partial charge in [-0.3, -0.25) is 19.4 Å². The van der Waals surface area contributed by atoms with Gasteiger partial charge in [-0.2, -0.15) is 0 Å². The van der Waals surface area contributed by atoms with E-state index in [1.165, 1.54) is 12.8 Å². The Labute approximate surface area is 181 Å². The fourth-order valence-electron chi connectivity index (χ4n) is 4.57. The predicted molar refractivity (Wildman–Crippen MR) is 121 cm³/mol. The second-order valence-corrected chi connectivity index (χ2v) is 10.3. The molecule has 4 rings (SSSR count). The van der Waals surface area contributed by atoms with E-state index in [9.17, 15) is 9.59 Å². The third-order valence-corrected chi connectivity index (χ3v) is 7.78. The molecule has 7 nitrogen and oxygen atoms in total. The van der Waals surface area contributed by atoms with E-state index in [4.69, 9.17) is 4.98 Å². The molecule has 0 unspecified atom stereocenters. The van der Waals surface area contributed by atoms with Crippen LogP contribution < -0.4 is 10.9 Å². The minimum absolute atomic E-state index is 0.0377. The van der Waals surface area contributed by atoms with Crippen LogP contribution in [0.1, 0.15) is 48.9 Å². The SMILES string of the molecule is Cc1sc2nc(CN3CCN(CC(=O)NC4CCC(C)CC4)CC3)[nH]c(=O)c2c1C. The van der Waals surface area contributed by atoms with Crippen molar-refractivity contribution in [1.29, 1.82) is 0 Å². The van der Waals surface area contributed by atoms with Crippen molar-refractivity contribution in [2.24, 2.45) is 5.92 Å². The number of piperazine rings is 1. The first-order valence-electron chi connectivity index (χ1n) is 11.1. The zero-order valence-electron chi connectivity index (χ0n) is 18.3. The maximum Gasteiger partial charge on any atom is 0.259 e. The van der Waals surface area contributed by atoms with Gasteiger partial charge in [0, 0.05) is 37.1 Å². The van der Waals surface area contributed by atoms with Gasteiger partial charge in [-0.1, -0.05) is 6.92 Å². The third kappa shape index (κ3) is 4.92. The molecule has 2 fully saturated rings. The summed E-state index contributed by atoms with van der Waals surface area (Å²) in [7, 11) is 0. The van der Waals surface area contributed by atoms with Crippen LogP contribution in [0.5, 0.6) is 0 Å². The number of nitrogens with one attached hydrogen (secondary N) is 2. The average Bonchev–Trinajstić information content (AvgIpc) is 2.99. The van der Waals surface area contributed by atoms with E-state index in [0.717, 1.165) is 71.4 Å². The smallest absolute Gasteiger partial charge is 0.259 e. The molecule has 2 N–H and O–H groups in total. The molecule has 2 aromatic heterocycles. The van der Waals surface area contributed by atoms with E-state index in [1.807, 2.05) is 13.8 Å². The maximum absolute atomic E-state index is 12.5. The van der Waals surface area contributed by atoms with Crippen molar-refractivity contribution in [3.05, 3.63) is 26.6 Å². The molecule has 1 amide bonds. The molecule has 164 valence electrons. The number of thiophene rings is 1. The summed E-state index contributed by atoms with van der Waals surface area (Å²) in [4.78, 5) is 39.0. The molecule has 3 heterocycles. The first-order chi connectivity index (χ1) is 14.4. The second-order valence-electron chi connectivity index (χ2n) is 9.05. The highest BCUT2D eigenvalue weighted by Crippen LogP contribution is 2.26. The van der Waals surface area contributed by atoms with Gasteiger partial charge in [0.25, 0.3) is 5.56 Å². The van der Waals surface area contributed by atoms with Crippen LogP contribution >= 0.6 is 11.3 Å². The highest BCUT2D eigenvalue weighted by atomic mass is 32.1. The second kappa shape index (κ2) is 9.16. The van der Waals surface area contributed by atoms with Crippen molar-refractivity contribution in [2.45, 2.75) is 59.0 Å². The van der Waals surface area contributed by atoms with E-state index in [1.54, 1.807) is 11.3 Å². The van der Waals surface area contributed by atoms with Gasteiger partial charge in [0.2, 0.25) is 5.91 Å². The summed E-state index contributed by atoms with van der Waals surface area (Å²) in [5.41, 5.74) is 0.995. The Bertz CT molecular complexity index is 952. The topological polar surface area (TPSA) is 81.3 Å². The van der Waals surface area contributed by atoms with Gasteiger partial charge in [0.15, 0.2) is 0 Å². The summed E-state index contributed by atoms with van der Waals surface area (Å²) in [6.07, 6.45) is 4.66. The molecular formula is C22H33N5O2S. The number of nitrogens with zero attached hydrogens (tertiary/aromatic N) is 3. The van der Waals surface area contributed by atoms with Crippen molar-refractivity contribution >= 4 is 27.5 Å². The fourth-order valence-corrected chi connectivity index (χ4v) is 5.62. The monoisotopic (exact) mass is 431 g/mol. The number of aromatic amines is 1. The molecule has 0 aromatic carbocycles. The van der Waals surface area contributed by atoms with Crippen LogP contribution in [0.25, 0.3) is 10.2 Å². The van der Waals surface area contributed by atoms with E-state index < -0.39 is 0 Å². The Morgan fingerprint density at radius 1 is 1.13 bits per heavy atom. The molecule has 1 saturated heterocycles. The van der Waals surface area contributed by atoms with Crippen LogP contribution in [0.4, 0.5) is 0 Å². The van der Waals surface area contributed by atoms with Crippen molar-refractivity contribution in [1.82, 2.24) is 25.1 Å². The molecule has 0 radical (unpaired) electrons. The number of rotatable bonds is 5. The number of carbonyl (C=O) groups excluding carboxylic acids is 1. The molecule has 1 aliphatic carbocycles. The quantitative estimate of drug-likeness (QED) is 0.760. The van der Waals surface area contributed by atoms with Gasteiger partial charge in [-0.25, -0.2) is 4.98 Å². The van der Waals surface area contributed by atoms with Crippen molar-refractivity contribution in [3.63, 3.8) is 0 Å². The zero-order valence-corrected chi connectivity index (χ0v) is 19.1. The molecular weight excluding hydrogens is 398 g/mol. The lowest BCUT2D eigenvalue weighted by molar-refractivity contribution is -0.123. The predicted octanol–water partition coefficient (Wildman–Crippen LogP) is 2.41. The minimum atomic E-state index is -0.0377. The van der Waals surface area contributed by atoms with Crippen molar-refractivity contribution in [3.8, 4) is 0 Å². The van der Waals surface area contributed by atoms with Gasteiger partial charge in [-0.05, 0) is 51.0 Å². The Morgan fingerprint density at radius 2 is 1.80 bits per heavy atom. The Morgan fingerprint density at radius 3 is 2.50 bits per heavy atom. The van der Waals surface area contributed by atoms with Crippen LogP contribution in [0, 0.1) is 19.8 Å². The number of fused-ring (bicyclic) bond motifs is 1. The molecule has 0 bridgehead atoms. The number of aryl methyl sites for hydroxylation is 2. The lowest BCUT2D eigenvalue weighted by Gasteiger charge is -2.34. The zero-order chi connectivity index (χ0) is 21.3. The lowest BCUT2D eigenvalue weighted by Crippen LogP contribution is -2.50. The largest absolute Gasteiger partial charge is 0.352 e. The molecule has 0 spiro atoms. The number of hydrogen-bond acceptors (Lipinski definition) is 6. The molecule has 8 heteroatoms. The molecule has 30 heavy (non-hydrogen) atoms. The third-order valence-electron chi connectivity index (χ3n) is 6.67. The van der Waals surface area contributed by atoms with Crippen molar-refractivity contribution < 1.29 is 4.79 Å². The first-order valence-corrected chi connectivity index (χ1v) is 11.9. The van der Waals surface area contributed by atoms with Crippen LogP contribution in [-0.2, 0) is 11.3 Å². The number of hydrogen-bond donors (Lipinski definition) is 2. The molecule has 1 aliphatic heterocycles. The van der Waals surface area contributed by atoms with E-state index in [0.29, 0.717) is 19.1 Å². The summed E-state index contributed by atoms with van der Waals surface area (Å²) < 4.78 is 0. The van der Waals surface area contributed by atoms with Gasteiger partial charge in [0.05, 0.1) is 18.5 Å². The van der Waals surface area contributed by atoms with Gasteiger partial charge in [-0.15, -0.1) is 11.3 Å².